The van der Waals surface area contributed by atoms with Crippen LogP contribution in [0.1, 0.15) is 93.4 Å². The summed E-state index contributed by atoms with van der Waals surface area (Å²) in [5.41, 5.74) is 1.93. The standard InChI is InChI=1S/C35H50N2O3/c1-30(2)26-12-13-35(7)27(33(26,5)20-23(22-36)28(30)38)11-10-24-25-21-32(4,29(39)40-19-18-37(8)9)15-14-31(25,3)16-17-34(24,35)6/h10-11,20,25-26H,12-19,21H2,1-9H3/t25-,26-,31+,32-,33-,34+,35+/m0/s1. The summed E-state index contributed by atoms with van der Waals surface area (Å²) in [6.07, 6.45) is 13.8. The SMILES string of the molecule is CN(C)CCOC(=O)[C@@]1(C)CC[C@]2(C)CC[C@]3(C)C(=CC=C4[C@@]5(C)C=C(C#N)C(=O)C(C)(C)[C@@H]5CC[C@]43C)[C@@H]2C1. The Hall–Kier alpha value is -2.19. The maximum absolute atomic E-state index is 13.4. The number of nitriles is 1. The summed E-state index contributed by atoms with van der Waals surface area (Å²) >= 11 is 0. The van der Waals surface area contributed by atoms with Crippen LogP contribution in [0.15, 0.2) is 34.9 Å². The molecule has 40 heavy (non-hydrogen) atoms. The number of esters is 1. The number of ether oxygens (including phenoxy) is 1. The molecule has 0 N–H and O–H groups in total. The fourth-order valence-corrected chi connectivity index (χ4v) is 9.96. The largest absolute Gasteiger partial charge is 0.464 e. The molecule has 0 unspecified atom stereocenters. The second-order valence-corrected chi connectivity index (χ2v) is 15.9. The highest BCUT2D eigenvalue weighted by atomic mass is 16.5. The molecular formula is C35H50N2O3. The van der Waals surface area contributed by atoms with Crippen LogP contribution in [0.2, 0.25) is 0 Å². The molecule has 3 fully saturated rings. The Labute approximate surface area is 242 Å². The highest BCUT2D eigenvalue weighted by Crippen LogP contribution is 2.74. The zero-order valence-electron chi connectivity index (χ0n) is 26.4. The lowest BCUT2D eigenvalue weighted by Crippen LogP contribution is -2.60. The van der Waals surface area contributed by atoms with E-state index < -0.39 is 10.8 Å². The Bertz CT molecular complexity index is 1270. The Morgan fingerprint density at radius 2 is 1.68 bits per heavy atom. The quantitative estimate of drug-likeness (QED) is 0.353. The molecule has 0 spiro atoms. The van der Waals surface area contributed by atoms with Gasteiger partial charge in [-0.05, 0) is 94.0 Å². The van der Waals surface area contributed by atoms with Crippen LogP contribution in [-0.4, -0.2) is 43.9 Å². The Morgan fingerprint density at radius 1 is 1.00 bits per heavy atom. The molecule has 0 aromatic heterocycles. The van der Waals surface area contributed by atoms with Gasteiger partial charge in [-0.1, -0.05) is 70.9 Å². The van der Waals surface area contributed by atoms with Crippen molar-refractivity contribution in [3.63, 3.8) is 0 Å². The van der Waals surface area contributed by atoms with Gasteiger partial charge in [0.1, 0.15) is 12.7 Å². The van der Waals surface area contributed by atoms with E-state index in [0.717, 1.165) is 51.5 Å². The van der Waals surface area contributed by atoms with Crippen molar-refractivity contribution in [2.75, 3.05) is 27.2 Å². The van der Waals surface area contributed by atoms with Crippen molar-refractivity contribution in [1.82, 2.24) is 4.90 Å². The third-order valence-corrected chi connectivity index (χ3v) is 13.0. The topological polar surface area (TPSA) is 70.4 Å². The molecule has 5 aliphatic rings. The van der Waals surface area contributed by atoms with Crippen LogP contribution in [0.5, 0.6) is 0 Å². The minimum atomic E-state index is -0.565. The number of nitrogens with zero attached hydrogens (tertiary/aromatic N) is 2. The van der Waals surface area contributed by atoms with Gasteiger partial charge < -0.3 is 9.64 Å². The molecule has 0 saturated heterocycles. The van der Waals surface area contributed by atoms with E-state index in [0.29, 0.717) is 18.1 Å². The Kier molecular flexibility index (Phi) is 6.71. The smallest absolute Gasteiger partial charge is 0.311 e. The van der Waals surface area contributed by atoms with Crippen molar-refractivity contribution in [1.29, 1.82) is 5.26 Å². The number of allylic oxidation sites excluding steroid dienone is 6. The van der Waals surface area contributed by atoms with Crippen LogP contribution in [0.4, 0.5) is 0 Å². The lowest BCUT2D eigenvalue weighted by Gasteiger charge is -2.67. The maximum Gasteiger partial charge on any atom is 0.311 e. The van der Waals surface area contributed by atoms with Crippen molar-refractivity contribution in [3.8, 4) is 6.07 Å². The number of rotatable bonds is 4. The minimum absolute atomic E-state index is 0.00711. The van der Waals surface area contributed by atoms with Gasteiger partial charge in [0.25, 0.3) is 0 Å². The summed E-state index contributed by atoms with van der Waals surface area (Å²) in [5.74, 6) is 0.457. The third-order valence-electron chi connectivity index (χ3n) is 13.0. The number of carbonyl (C=O) groups excluding carboxylic acids is 2. The van der Waals surface area contributed by atoms with Crippen LogP contribution < -0.4 is 0 Å². The molecule has 0 heterocycles. The molecule has 0 aliphatic heterocycles. The Morgan fingerprint density at radius 3 is 2.33 bits per heavy atom. The van der Waals surface area contributed by atoms with Crippen molar-refractivity contribution < 1.29 is 14.3 Å². The number of Topliss-reactive ketones (excluding diaryl/α,β-unsaturated/α-hetero) is 1. The molecule has 0 amide bonds. The number of likely N-dealkylation sites (N-methyl/N-ethyl adjacent to an activating group) is 1. The summed E-state index contributed by atoms with van der Waals surface area (Å²) in [6, 6.07) is 2.25. The van der Waals surface area contributed by atoms with Gasteiger partial charge in [-0.25, -0.2) is 0 Å². The summed E-state index contributed by atoms with van der Waals surface area (Å²) in [4.78, 5) is 28.7. The van der Waals surface area contributed by atoms with E-state index >= 15 is 0 Å². The van der Waals surface area contributed by atoms with Crippen molar-refractivity contribution in [2.24, 2.45) is 44.3 Å². The van der Waals surface area contributed by atoms with E-state index in [4.69, 9.17) is 4.74 Å². The molecular weight excluding hydrogens is 496 g/mol. The maximum atomic E-state index is 13.4. The third kappa shape index (κ3) is 3.88. The van der Waals surface area contributed by atoms with Crippen LogP contribution >= 0.6 is 0 Å². The van der Waals surface area contributed by atoms with E-state index in [1.807, 2.05) is 38.9 Å². The van der Waals surface area contributed by atoms with Crippen molar-refractivity contribution in [3.05, 3.63) is 34.9 Å². The zero-order chi connectivity index (χ0) is 29.5. The average molecular weight is 547 g/mol. The fraction of sp³-hybridized carbons (Fsp3) is 0.743. The lowest BCUT2D eigenvalue weighted by molar-refractivity contribution is -0.162. The molecule has 0 bridgehead atoms. The molecule has 218 valence electrons. The predicted molar refractivity (Wildman–Crippen MR) is 158 cm³/mol. The number of fused-ring (bicyclic) bond motifs is 7. The summed E-state index contributed by atoms with van der Waals surface area (Å²) in [6.45, 7) is 17.1. The monoisotopic (exact) mass is 546 g/mol. The summed E-state index contributed by atoms with van der Waals surface area (Å²) in [7, 11) is 4.00. The van der Waals surface area contributed by atoms with E-state index in [-0.39, 0.29) is 39.3 Å². The van der Waals surface area contributed by atoms with Crippen molar-refractivity contribution in [2.45, 2.75) is 93.4 Å². The average Bonchev–Trinajstić information content (AvgIpc) is 2.87. The molecule has 5 rings (SSSR count). The first kappa shape index (κ1) is 29.3. The van der Waals surface area contributed by atoms with Gasteiger partial charge in [0.05, 0.1) is 11.0 Å². The summed E-state index contributed by atoms with van der Waals surface area (Å²) in [5, 5.41) is 9.92. The van der Waals surface area contributed by atoms with Gasteiger partial charge in [-0.3, -0.25) is 9.59 Å². The highest BCUT2D eigenvalue weighted by Gasteiger charge is 2.66. The first-order valence-electron chi connectivity index (χ1n) is 15.4. The first-order chi connectivity index (χ1) is 18.5. The van der Waals surface area contributed by atoms with E-state index in [1.165, 1.54) is 11.1 Å². The minimum Gasteiger partial charge on any atom is -0.464 e. The highest BCUT2D eigenvalue weighted by molar-refractivity contribution is 6.04. The number of carbonyl (C=O) groups is 2. The second kappa shape index (κ2) is 9.15. The zero-order valence-corrected chi connectivity index (χ0v) is 26.4. The number of hydrogen-bond acceptors (Lipinski definition) is 5. The predicted octanol–water partition coefficient (Wildman–Crippen LogP) is 7.05. The fourth-order valence-electron chi connectivity index (χ4n) is 9.96. The van der Waals surface area contributed by atoms with Crippen molar-refractivity contribution >= 4 is 11.8 Å². The van der Waals surface area contributed by atoms with E-state index in [9.17, 15) is 14.9 Å². The molecule has 3 saturated carbocycles. The van der Waals surface area contributed by atoms with Crippen LogP contribution in [0, 0.1) is 55.7 Å². The Balaban J connectivity index is 1.56. The van der Waals surface area contributed by atoms with Crippen LogP contribution in [0.25, 0.3) is 0 Å². The number of hydrogen-bond donors (Lipinski definition) is 0. The van der Waals surface area contributed by atoms with Gasteiger partial charge in [-0.2, -0.15) is 5.26 Å². The first-order valence-corrected chi connectivity index (χ1v) is 15.4. The van der Waals surface area contributed by atoms with Gasteiger partial charge in [0.15, 0.2) is 5.78 Å². The molecule has 0 aromatic carbocycles. The van der Waals surface area contributed by atoms with Gasteiger partial charge in [0.2, 0.25) is 0 Å². The second-order valence-electron chi connectivity index (χ2n) is 15.9. The molecule has 5 heteroatoms. The van der Waals surface area contributed by atoms with Crippen LogP contribution in [0.3, 0.4) is 0 Å². The molecule has 0 aromatic rings. The normalized spacial score (nSPS) is 43.6. The van der Waals surface area contributed by atoms with Gasteiger partial charge in [0, 0.05) is 17.4 Å². The van der Waals surface area contributed by atoms with Crippen LogP contribution in [-0.2, 0) is 14.3 Å². The summed E-state index contributed by atoms with van der Waals surface area (Å²) < 4.78 is 5.82. The molecule has 7 atom stereocenters. The number of ketones is 1. The molecule has 5 nitrogen and oxygen atoms in total. The van der Waals surface area contributed by atoms with Gasteiger partial charge in [-0.15, -0.1) is 0 Å². The van der Waals surface area contributed by atoms with Gasteiger partial charge >= 0.3 is 5.97 Å². The molecule has 5 aliphatic carbocycles. The molecule has 0 radical (unpaired) electrons. The van der Waals surface area contributed by atoms with E-state index in [2.05, 4.69) is 52.8 Å². The lowest BCUT2D eigenvalue weighted by atomic mass is 9.36. The van der Waals surface area contributed by atoms with E-state index in [1.54, 1.807) is 0 Å².